The first-order chi connectivity index (χ1) is 5.87. The Morgan fingerprint density at radius 2 is 2.15 bits per heavy atom. The molecule has 0 aromatic heterocycles. The largest absolute Gasteiger partial charge is 0.475 e. The summed E-state index contributed by atoms with van der Waals surface area (Å²) in [5.41, 5.74) is -0.0662. The minimum atomic E-state index is -3.22. The first-order valence-electron chi connectivity index (χ1n) is 4.45. The van der Waals surface area contributed by atoms with Crippen LogP contribution in [0.25, 0.3) is 0 Å². The summed E-state index contributed by atoms with van der Waals surface area (Å²) in [7, 11) is -3.22. The summed E-state index contributed by atoms with van der Waals surface area (Å²) in [4.78, 5) is 0. The lowest BCUT2D eigenvalue weighted by molar-refractivity contribution is 0.0957. The second kappa shape index (κ2) is 3.70. The third kappa shape index (κ3) is 2.78. The van der Waals surface area contributed by atoms with Crippen molar-refractivity contribution >= 4 is 7.82 Å². The van der Waals surface area contributed by atoms with Gasteiger partial charge in [-0.3, -0.25) is 13.6 Å². The summed E-state index contributed by atoms with van der Waals surface area (Å²) >= 11 is 0. The van der Waals surface area contributed by atoms with E-state index in [1.54, 1.807) is 6.92 Å². The monoisotopic (exact) mass is 208 g/mol. The SMILES string of the molecule is CCOP1(=O)OCC(C(C)(C)C)O1. The average Bonchev–Trinajstić information content (AvgIpc) is 2.31. The van der Waals surface area contributed by atoms with Crippen molar-refractivity contribution in [3.63, 3.8) is 0 Å². The van der Waals surface area contributed by atoms with Crippen LogP contribution in [0.15, 0.2) is 0 Å². The Hall–Kier alpha value is 0.110. The predicted octanol–water partition coefficient (Wildman–Crippen LogP) is 2.59. The summed E-state index contributed by atoms with van der Waals surface area (Å²) < 4.78 is 26.8. The first-order valence-corrected chi connectivity index (χ1v) is 5.91. The van der Waals surface area contributed by atoms with Gasteiger partial charge in [-0.2, -0.15) is 0 Å². The predicted molar refractivity (Wildman–Crippen MR) is 49.5 cm³/mol. The fourth-order valence-electron chi connectivity index (χ4n) is 1.01. The van der Waals surface area contributed by atoms with Gasteiger partial charge in [0.1, 0.15) is 0 Å². The maximum atomic E-state index is 11.6. The van der Waals surface area contributed by atoms with E-state index in [4.69, 9.17) is 13.6 Å². The van der Waals surface area contributed by atoms with Crippen molar-refractivity contribution in [3.8, 4) is 0 Å². The van der Waals surface area contributed by atoms with Crippen molar-refractivity contribution in [2.24, 2.45) is 5.41 Å². The molecule has 0 aromatic rings. The van der Waals surface area contributed by atoms with Crippen LogP contribution in [0.2, 0.25) is 0 Å². The van der Waals surface area contributed by atoms with E-state index in [0.29, 0.717) is 13.2 Å². The Morgan fingerprint density at radius 3 is 2.54 bits per heavy atom. The topological polar surface area (TPSA) is 44.8 Å². The molecular weight excluding hydrogens is 191 g/mol. The maximum Gasteiger partial charge on any atom is 0.475 e. The van der Waals surface area contributed by atoms with Crippen LogP contribution in [0.5, 0.6) is 0 Å². The van der Waals surface area contributed by atoms with Gasteiger partial charge in [0.25, 0.3) is 0 Å². The van der Waals surface area contributed by atoms with Gasteiger partial charge in [0.15, 0.2) is 0 Å². The molecule has 2 atom stereocenters. The molecular formula is C8H17O4P. The quantitative estimate of drug-likeness (QED) is 0.654. The molecule has 2 unspecified atom stereocenters. The van der Waals surface area contributed by atoms with E-state index in [0.717, 1.165) is 0 Å². The third-order valence-corrected chi connectivity index (χ3v) is 3.45. The van der Waals surface area contributed by atoms with Crippen LogP contribution in [0.3, 0.4) is 0 Å². The van der Waals surface area contributed by atoms with Crippen LogP contribution >= 0.6 is 7.82 Å². The van der Waals surface area contributed by atoms with E-state index < -0.39 is 7.82 Å². The lowest BCUT2D eigenvalue weighted by Gasteiger charge is -2.23. The van der Waals surface area contributed by atoms with Crippen LogP contribution in [0.4, 0.5) is 0 Å². The molecule has 0 bridgehead atoms. The van der Waals surface area contributed by atoms with Gasteiger partial charge in [-0.15, -0.1) is 0 Å². The fraction of sp³-hybridized carbons (Fsp3) is 1.00. The number of hydrogen-bond acceptors (Lipinski definition) is 4. The minimum Gasteiger partial charge on any atom is -0.287 e. The van der Waals surface area contributed by atoms with E-state index in [1.165, 1.54) is 0 Å². The molecule has 78 valence electrons. The van der Waals surface area contributed by atoms with Gasteiger partial charge in [-0.1, -0.05) is 20.8 Å². The van der Waals surface area contributed by atoms with Crippen LogP contribution < -0.4 is 0 Å². The Morgan fingerprint density at radius 1 is 1.54 bits per heavy atom. The van der Waals surface area contributed by atoms with Crippen LogP contribution in [-0.4, -0.2) is 19.3 Å². The van der Waals surface area contributed by atoms with Crippen molar-refractivity contribution in [1.82, 2.24) is 0 Å². The van der Waals surface area contributed by atoms with Crippen LogP contribution in [-0.2, 0) is 18.1 Å². The molecule has 0 spiro atoms. The fourth-order valence-corrected chi connectivity index (χ4v) is 2.53. The van der Waals surface area contributed by atoms with Crippen molar-refractivity contribution in [2.45, 2.75) is 33.8 Å². The van der Waals surface area contributed by atoms with Crippen molar-refractivity contribution in [2.75, 3.05) is 13.2 Å². The highest BCUT2D eigenvalue weighted by molar-refractivity contribution is 7.48. The summed E-state index contributed by atoms with van der Waals surface area (Å²) in [6.07, 6.45) is -0.148. The molecule has 0 radical (unpaired) electrons. The van der Waals surface area contributed by atoms with Crippen molar-refractivity contribution in [1.29, 1.82) is 0 Å². The van der Waals surface area contributed by atoms with Gasteiger partial charge in [0, 0.05) is 0 Å². The van der Waals surface area contributed by atoms with Gasteiger partial charge < -0.3 is 0 Å². The van der Waals surface area contributed by atoms with Gasteiger partial charge in [-0.05, 0) is 12.3 Å². The molecule has 1 heterocycles. The Bertz CT molecular complexity index is 221. The highest BCUT2D eigenvalue weighted by atomic mass is 31.2. The molecule has 1 rings (SSSR count). The van der Waals surface area contributed by atoms with E-state index in [1.807, 2.05) is 20.8 Å². The molecule has 4 nitrogen and oxygen atoms in total. The molecule has 1 aliphatic heterocycles. The lowest BCUT2D eigenvalue weighted by Crippen LogP contribution is -2.27. The van der Waals surface area contributed by atoms with Crippen LogP contribution in [0, 0.1) is 5.41 Å². The van der Waals surface area contributed by atoms with Crippen molar-refractivity contribution < 1.29 is 18.1 Å². The Labute approximate surface area is 79.2 Å². The molecule has 1 aliphatic rings. The van der Waals surface area contributed by atoms with Gasteiger partial charge in [0.05, 0.1) is 19.3 Å². The zero-order chi connectivity index (χ0) is 10.1. The second-order valence-electron chi connectivity index (χ2n) is 4.12. The van der Waals surface area contributed by atoms with E-state index >= 15 is 0 Å². The summed E-state index contributed by atoms with van der Waals surface area (Å²) in [6, 6.07) is 0. The molecule has 1 fully saturated rings. The molecule has 13 heavy (non-hydrogen) atoms. The number of rotatable bonds is 2. The van der Waals surface area contributed by atoms with Crippen molar-refractivity contribution in [3.05, 3.63) is 0 Å². The Balaban J connectivity index is 2.58. The smallest absolute Gasteiger partial charge is 0.287 e. The average molecular weight is 208 g/mol. The van der Waals surface area contributed by atoms with Gasteiger partial charge in [-0.25, -0.2) is 4.57 Å². The normalized spacial score (nSPS) is 35.2. The second-order valence-corrected chi connectivity index (χ2v) is 5.74. The molecule has 1 saturated heterocycles. The molecule has 0 amide bonds. The van der Waals surface area contributed by atoms with Gasteiger partial charge in [0.2, 0.25) is 0 Å². The zero-order valence-corrected chi connectivity index (χ0v) is 9.47. The summed E-state index contributed by atoms with van der Waals surface area (Å²) in [5.74, 6) is 0. The Kier molecular flexibility index (Phi) is 3.18. The van der Waals surface area contributed by atoms with E-state index in [2.05, 4.69) is 0 Å². The standard InChI is InChI=1S/C8H17O4P/c1-5-10-13(9)11-6-7(12-13)8(2,3)4/h7H,5-6H2,1-4H3. The van der Waals surface area contributed by atoms with Crippen LogP contribution in [0.1, 0.15) is 27.7 Å². The molecule has 0 aliphatic carbocycles. The number of hydrogen-bond donors (Lipinski definition) is 0. The van der Waals surface area contributed by atoms with E-state index in [9.17, 15) is 4.57 Å². The number of phosphoric acid groups is 1. The molecule has 0 aromatic carbocycles. The van der Waals surface area contributed by atoms with Gasteiger partial charge >= 0.3 is 7.82 Å². The molecule has 0 saturated carbocycles. The molecule has 5 heteroatoms. The first kappa shape index (κ1) is 11.2. The summed E-state index contributed by atoms with van der Waals surface area (Å²) in [6.45, 7) is 8.50. The minimum absolute atomic E-state index is 0.0662. The third-order valence-electron chi connectivity index (χ3n) is 1.89. The lowest BCUT2D eigenvalue weighted by atomic mass is 9.90. The maximum absolute atomic E-state index is 11.6. The molecule has 0 N–H and O–H groups in total. The highest BCUT2D eigenvalue weighted by Crippen LogP contribution is 2.57. The highest BCUT2D eigenvalue weighted by Gasteiger charge is 2.43. The zero-order valence-electron chi connectivity index (χ0n) is 8.57. The summed E-state index contributed by atoms with van der Waals surface area (Å²) in [5, 5.41) is 0. The van der Waals surface area contributed by atoms with E-state index in [-0.39, 0.29) is 11.5 Å². The number of phosphoric ester groups is 1.